The van der Waals surface area contributed by atoms with Crippen LogP contribution in [-0.4, -0.2) is 41.5 Å². The first-order chi connectivity index (χ1) is 14.8. The molecular formula is C22H25ClN4O3S. The molecule has 0 aliphatic carbocycles. The van der Waals surface area contributed by atoms with Gasteiger partial charge in [0.05, 0.1) is 28.0 Å². The average molecular weight is 461 g/mol. The van der Waals surface area contributed by atoms with E-state index in [9.17, 15) is 13.2 Å². The molecule has 164 valence electrons. The fourth-order valence-corrected chi connectivity index (χ4v) is 4.83. The van der Waals surface area contributed by atoms with Crippen LogP contribution in [0.1, 0.15) is 35.5 Å². The van der Waals surface area contributed by atoms with Crippen LogP contribution in [0.2, 0.25) is 5.02 Å². The summed E-state index contributed by atoms with van der Waals surface area (Å²) in [6, 6.07) is 13.7. The largest absolute Gasteiger partial charge is 0.348 e. The number of amides is 1. The van der Waals surface area contributed by atoms with E-state index < -0.39 is 10.0 Å². The summed E-state index contributed by atoms with van der Waals surface area (Å²) in [5.74, 6) is -0.252. The monoisotopic (exact) mass is 460 g/mol. The number of carbonyl (C=O) groups is 1. The molecule has 1 aromatic heterocycles. The standard InChI is InChI=1S/C22H25ClN4O3S/c1-4-26(5-2)31(29,30)20-12-6-17(7-13-20)14-24-22(28)21-15-25-27(16(21)3)19-10-8-18(23)9-11-19/h6-13,15H,4-5,14H2,1-3H3,(H,24,28). The third-order valence-electron chi connectivity index (χ3n) is 5.05. The molecule has 1 amide bonds. The minimum Gasteiger partial charge on any atom is -0.348 e. The Kier molecular flexibility index (Phi) is 7.15. The lowest BCUT2D eigenvalue weighted by Gasteiger charge is -2.18. The SMILES string of the molecule is CCN(CC)S(=O)(=O)c1ccc(CNC(=O)c2cnn(-c3ccc(Cl)cc3)c2C)cc1. The number of benzene rings is 2. The van der Waals surface area contributed by atoms with Gasteiger partial charge in [-0.2, -0.15) is 9.40 Å². The number of rotatable bonds is 8. The third-order valence-corrected chi connectivity index (χ3v) is 7.36. The van der Waals surface area contributed by atoms with Crippen molar-refractivity contribution < 1.29 is 13.2 Å². The predicted molar refractivity (Wildman–Crippen MR) is 121 cm³/mol. The maximum absolute atomic E-state index is 12.6. The molecule has 0 unspecified atom stereocenters. The van der Waals surface area contributed by atoms with Crippen molar-refractivity contribution >= 4 is 27.5 Å². The number of aromatic nitrogens is 2. The first kappa shape index (κ1) is 23.0. The van der Waals surface area contributed by atoms with E-state index >= 15 is 0 Å². The second-order valence-corrected chi connectivity index (χ2v) is 9.32. The summed E-state index contributed by atoms with van der Waals surface area (Å²) in [7, 11) is -3.50. The van der Waals surface area contributed by atoms with E-state index in [1.165, 1.54) is 10.5 Å². The average Bonchev–Trinajstić information content (AvgIpc) is 3.15. The van der Waals surface area contributed by atoms with Crippen molar-refractivity contribution in [2.45, 2.75) is 32.2 Å². The molecule has 0 radical (unpaired) electrons. The molecule has 0 atom stereocenters. The van der Waals surface area contributed by atoms with E-state index in [0.717, 1.165) is 11.3 Å². The summed E-state index contributed by atoms with van der Waals surface area (Å²) in [5, 5.41) is 7.79. The minimum absolute atomic E-state index is 0.242. The van der Waals surface area contributed by atoms with Crippen LogP contribution in [0.4, 0.5) is 0 Å². The van der Waals surface area contributed by atoms with Crippen molar-refractivity contribution in [1.82, 2.24) is 19.4 Å². The van der Waals surface area contributed by atoms with Crippen LogP contribution in [0.5, 0.6) is 0 Å². The van der Waals surface area contributed by atoms with Crippen LogP contribution < -0.4 is 5.32 Å². The summed E-state index contributed by atoms with van der Waals surface area (Å²) in [5.41, 5.74) is 2.79. The molecule has 3 rings (SSSR count). The maximum atomic E-state index is 12.6. The zero-order chi connectivity index (χ0) is 22.6. The Labute approximate surface area is 187 Å². The number of hydrogen-bond acceptors (Lipinski definition) is 4. The number of nitrogens with one attached hydrogen (secondary N) is 1. The van der Waals surface area contributed by atoms with Gasteiger partial charge in [-0.1, -0.05) is 37.6 Å². The van der Waals surface area contributed by atoms with Crippen molar-refractivity contribution in [3.63, 3.8) is 0 Å². The smallest absolute Gasteiger partial charge is 0.255 e. The molecule has 9 heteroatoms. The Morgan fingerprint density at radius 1 is 1.06 bits per heavy atom. The highest BCUT2D eigenvalue weighted by Gasteiger charge is 2.21. The van der Waals surface area contributed by atoms with Gasteiger partial charge >= 0.3 is 0 Å². The lowest BCUT2D eigenvalue weighted by Crippen LogP contribution is -2.30. The summed E-state index contributed by atoms with van der Waals surface area (Å²) >= 11 is 5.93. The van der Waals surface area contributed by atoms with E-state index in [1.807, 2.05) is 32.9 Å². The summed E-state index contributed by atoms with van der Waals surface area (Å²) in [6.07, 6.45) is 1.53. The molecule has 0 spiro atoms. The lowest BCUT2D eigenvalue weighted by molar-refractivity contribution is 0.0950. The van der Waals surface area contributed by atoms with Gasteiger partial charge < -0.3 is 5.32 Å². The van der Waals surface area contributed by atoms with Crippen LogP contribution in [0, 0.1) is 6.92 Å². The first-order valence-electron chi connectivity index (χ1n) is 9.95. The zero-order valence-electron chi connectivity index (χ0n) is 17.7. The molecule has 0 fully saturated rings. The molecule has 1 N–H and O–H groups in total. The highest BCUT2D eigenvalue weighted by atomic mass is 35.5. The van der Waals surface area contributed by atoms with Crippen molar-refractivity contribution in [1.29, 1.82) is 0 Å². The molecule has 0 saturated carbocycles. The van der Waals surface area contributed by atoms with Crippen LogP contribution in [0.3, 0.4) is 0 Å². The second-order valence-electron chi connectivity index (χ2n) is 6.95. The summed E-state index contributed by atoms with van der Waals surface area (Å²) in [4.78, 5) is 12.9. The summed E-state index contributed by atoms with van der Waals surface area (Å²) in [6.45, 7) is 6.54. The Bertz CT molecular complexity index is 1150. The zero-order valence-corrected chi connectivity index (χ0v) is 19.2. The Hall–Kier alpha value is -2.68. The maximum Gasteiger partial charge on any atom is 0.255 e. The highest BCUT2D eigenvalue weighted by Crippen LogP contribution is 2.18. The van der Waals surface area contributed by atoms with Crippen LogP contribution in [-0.2, 0) is 16.6 Å². The number of sulfonamides is 1. The van der Waals surface area contributed by atoms with Crippen LogP contribution in [0.25, 0.3) is 5.69 Å². The first-order valence-corrected chi connectivity index (χ1v) is 11.8. The van der Waals surface area contributed by atoms with Gasteiger partial charge in [0.15, 0.2) is 0 Å². The van der Waals surface area contributed by atoms with Gasteiger partial charge in [0.25, 0.3) is 5.91 Å². The molecular weight excluding hydrogens is 436 g/mol. The molecule has 0 aliphatic rings. The quantitative estimate of drug-likeness (QED) is 0.554. The van der Waals surface area contributed by atoms with E-state index in [-0.39, 0.29) is 17.3 Å². The van der Waals surface area contributed by atoms with Gasteiger partial charge in [0, 0.05) is 24.7 Å². The fraction of sp³-hybridized carbons (Fsp3) is 0.273. The van der Waals surface area contributed by atoms with E-state index in [0.29, 0.717) is 29.4 Å². The molecule has 0 saturated heterocycles. The van der Waals surface area contributed by atoms with Crippen molar-refractivity contribution in [2.24, 2.45) is 0 Å². The molecule has 31 heavy (non-hydrogen) atoms. The van der Waals surface area contributed by atoms with Gasteiger partial charge in [-0.05, 0) is 48.9 Å². The summed E-state index contributed by atoms with van der Waals surface area (Å²) < 4.78 is 28.2. The van der Waals surface area contributed by atoms with Crippen molar-refractivity contribution in [3.05, 3.63) is 76.6 Å². The molecule has 0 aliphatic heterocycles. The van der Waals surface area contributed by atoms with Crippen LogP contribution in [0.15, 0.2) is 59.6 Å². The van der Waals surface area contributed by atoms with Crippen molar-refractivity contribution in [3.8, 4) is 5.69 Å². The second kappa shape index (κ2) is 9.64. The highest BCUT2D eigenvalue weighted by molar-refractivity contribution is 7.89. The van der Waals surface area contributed by atoms with Gasteiger partial charge in [0.1, 0.15) is 0 Å². The van der Waals surface area contributed by atoms with Crippen molar-refractivity contribution in [2.75, 3.05) is 13.1 Å². The Morgan fingerprint density at radius 3 is 2.26 bits per heavy atom. The molecule has 1 heterocycles. The van der Waals surface area contributed by atoms with E-state index in [4.69, 9.17) is 11.6 Å². The van der Waals surface area contributed by atoms with Gasteiger partial charge in [-0.15, -0.1) is 0 Å². The van der Waals surface area contributed by atoms with Gasteiger partial charge in [0.2, 0.25) is 10.0 Å². The van der Waals surface area contributed by atoms with Crippen LogP contribution >= 0.6 is 11.6 Å². The third kappa shape index (κ3) is 4.98. The van der Waals surface area contributed by atoms with E-state index in [2.05, 4.69) is 10.4 Å². The number of halogens is 1. The number of hydrogen-bond donors (Lipinski definition) is 1. The Morgan fingerprint density at radius 2 is 1.68 bits per heavy atom. The topological polar surface area (TPSA) is 84.3 Å². The van der Waals surface area contributed by atoms with Gasteiger partial charge in [-0.25, -0.2) is 13.1 Å². The normalized spacial score (nSPS) is 11.6. The molecule has 3 aromatic rings. The fourth-order valence-electron chi connectivity index (χ4n) is 3.24. The lowest BCUT2D eigenvalue weighted by atomic mass is 10.2. The molecule has 0 bridgehead atoms. The molecule has 7 nitrogen and oxygen atoms in total. The Balaban J connectivity index is 1.68. The predicted octanol–water partition coefficient (Wildman–Crippen LogP) is 3.79. The number of carbonyl (C=O) groups excluding carboxylic acids is 1. The van der Waals surface area contributed by atoms with Gasteiger partial charge in [-0.3, -0.25) is 4.79 Å². The minimum atomic E-state index is -3.50. The molecule has 2 aromatic carbocycles. The van der Waals surface area contributed by atoms with E-state index in [1.54, 1.807) is 41.1 Å². The number of nitrogens with zero attached hydrogens (tertiary/aromatic N) is 3.